The van der Waals surface area contributed by atoms with Crippen LogP contribution in [0.3, 0.4) is 0 Å². The Balaban J connectivity index is 2.17. The van der Waals surface area contributed by atoms with Gasteiger partial charge in [0.05, 0.1) is 12.1 Å². The van der Waals surface area contributed by atoms with Crippen molar-refractivity contribution in [3.63, 3.8) is 0 Å². The minimum absolute atomic E-state index is 0.236. The summed E-state index contributed by atoms with van der Waals surface area (Å²) in [7, 11) is 3.68. The molecule has 0 unspecified atom stereocenters. The summed E-state index contributed by atoms with van der Waals surface area (Å²) >= 11 is 6.36. The van der Waals surface area contributed by atoms with Crippen LogP contribution in [0.25, 0.3) is 0 Å². The highest BCUT2D eigenvalue weighted by atomic mass is 35.5. The second-order valence-corrected chi connectivity index (χ2v) is 5.99. The fourth-order valence-electron chi connectivity index (χ4n) is 2.45. The number of nitrogens with zero attached hydrogens (tertiary/aromatic N) is 2. The highest BCUT2D eigenvalue weighted by molar-refractivity contribution is 6.32. The summed E-state index contributed by atoms with van der Waals surface area (Å²) in [5.74, 6) is 1.17. The Morgan fingerprint density at radius 1 is 1.42 bits per heavy atom. The highest BCUT2D eigenvalue weighted by Crippen LogP contribution is 2.37. The fraction of sp³-hybridized carbons (Fsp3) is 0.316. The Morgan fingerprint density at radius 2 is 2.21 bits per heavy atom. The molecule has 2 aromatic rings. The SMILES string of the molecule is C=CCOc1c(Cl)cc(CN(C)[C@@H](C)c2cccnc2)cc1OC. The van der Waals surface area contributed by atoms with Gasteiger partial charge in [-0.3, -0.25) is 9.88 Å². The molecule has 1 aromatic heterocycles. The molecule has 0 radical (unpaired) electrons. The van der Waals surface area contributed by atoms with E-state index in [1.165, 1.54) is 5.56 Å². The summed E-state index contributed by atoms with van der Waals surface area (Å²) in [5, 5.41) is 0.536. The first-order chi connectivity index (χ1) is 11.6. The zero-order valence-corrected chi connectivity index (χ0v) is 15.1. The van der Waals surface area contributed by atoms with Gasteiger partial charge in [0.25, 0.3) is 0 Å². The van der Waals surface area contributed by atoms with Crippen molar-refractivity contribution in [2.75, 3.05) is 20.8 Å². The second-order valence-electron chi connectivity index (χ2n) is 5.59. The van der Waals surface area contributed by atoms with Crippen molar-refractivity contribution >= 4 is 11.6 Å². The first kappa shape index (κ1) is 18.3. The lowest BCUT2D eigenvalue weighted by atomic mass is 10.1. The third kappa shape index (κ3) is 4.49. The molecule has 5 heteroatoms. The molecular weight excluding hydrogens is 324 g/mol. The lowest BCUT2D eigenvalue weighted by molar-refractivity contribution is 0.252. The van der Waals surface area contributed by atoms with Crippen LogP contribution >= 0.6 is 11.6 Å². The lowest BCUT2D eigenvalue weighted by Gasteiger charge is -2.25. The van der Waals surface area contributed by atoms with Crippen LogP contribution in [0.4, 0.5) is 0 Å². The zero-order chi connectivity index (χ0) is 17.5. The molecule has 24 heavy (non-hydrogen) atoms. The van der Waals surface area contributed by atoms with Gasteiger partial charge in [0.2, 0.25) is 0 Å². The first-order valence-electron chi connectivity index (χ1n) is 7.77. The average Bonchev–Trinajstić information content (AvgIpc) is 2.60. The van der Waals surface area contributed by atoms with Gasteiger partial charge in [-0.25, -0.2) is 0 Å². The van der Waals surface area contributed by atoms with E-state index in [0.29, 0.717) is 23.1 Å². The predicted molar refractivity (Wildman–Crippen MR) is 97.8 cm³/mol. The molecule has 0 fully saturated rings. The maximum Gasteiger partial charge on any atom is 0.180 e. The van der Waals surface area contributed by atoms with Crippen molar-refractivity contribution in [1.29, 1.82) is 0 Å². The number of hydrogen-bond acceptors (Lipinski definition) is 4. The second kappa shape index (κ2) is 8.71. The number of pyridine rings is 1. The van der Waals surface area contributed by atoms with Gasteiger partial charge in [0.15, 0.2) is 11.5 Å². The van der Waals surface area contributed by atoms with Crippen LogP contribution in [0.5, 0.6) is 11.5 Å². The Kier molecular flexibility index (Phi) is 6.64. The van der Waals surface area contributed by atoms with Crippen LogP contribution in [0.2, 0.25) is 5.02 Å². The summed E-state index contributed by atoms with van der Waals surface area (Å²) in [6.45, 7) is 6.91. The maximum atomic E-state index is 6.36. The van der Waals surface area contributed by atoms with Gasteiger partial charge in [0.1, 0.15) is 6.61 Å². The van der Waals surface area contributed by atoms with E-state index < -0.39 is 0 Å². The summed E-state index contributed by atoms with van der Waals surface area (Å²) in [4.78, 5) is 6.41. The van der Waals surface area contributed by atoms with Crippen LogP contribution in [-0.2, 0) is 6.54 Å². The van der Waals surface area contributed by atoms with Crippen molar-refractivity contribution in [3.8, 4) is 11.5 Å². The number of aromatic nitrogens is 1. The number of rotatable bonds is 8. The molecule has 0 saturated heterocycles. The standard InChI is InChI=1S/C19H23ClN2O2/c1-5-9-24-19-17(20)10-15(11-18(19)23-4)13-22(3)14(2)16-7-6-8-21-12-16/h5-8,10-12,14H,1,9,13H2,2-4H3/t14-/m0/s1. The summed E-state index contributed by atoms with van der Waals surface area (Å²) in [6, 6.07) is 8.13. The highest BCUT2D eigenvalue weighted by Gasteiger charge is 2.16. The van der Waals surface area contributed by atoms with E-state index in [1.54, 1.807) is 19.4 Å². The normalized spacial score (nSPS) is 12.0. The van der Waals surface area contributed by atoms with Crippen LogP contribution in [0, 0.1) is 0 Å². The summed E-state index contributed by atoms with van der Waals surface area (Å²) in [6.07, 6.45) is 5.34. The molecule has 1 atom stereocenters. The minimum Gasteiger partial charge on any atom is -0.493 e. The van der Waals surface area contributed by atoms with E-state index in [1.807, 2.05) is 24.4 Å². The van der Waals surface area contributed by atoms with E-state index >= 15 is 0 Å². The number of ether oxygens (including phenoxy) is 2. The fourth-order valence-corrected chi connectivity index (χ4v) is 2.74. The molecule has 0 N–H and O–H groups in total. The van der Waals surface area contributed by atoms with E-state index in [-0.39, 0.29) is 6.04 Å². The van der Waals surface area contributed by atoms with Gasteiger partial charge < -0.3 is 9.47 Å². The molecule has 0 saturated carbocycles. The van der Waals surface area contributed by atoms with Gasteiger partial charge in [-0.1, -0.05) is 30.3 Å². The lowest BCUT2D eigenvalue weighted by Crippen LogP contribution is -2.22. The molecule has 1 heterocycles. The van der Waals surface area contributed by atoms with Gasteiger partial charge in [-0.2, -0.15) is 0 Å². The number of hydrogen-bond donors (Lipinski definition) is 0. The van der Waals surface area contributed by atoms with Crippen LogP contribution in [0.15, 0.2) is 49.3 Å². The van der Waals surface area contributed by atoms with Crippen molar-refractivity contribution in [2.45, 2.75) is 19.5 Å². The molecule has 4 nitrogen and oxygen atoms in total. The third-order valence-corrected chi connectivity index (χ3v) is 4.18. The molecule has 2 rings (SSSR count). The Bertz CT molecular complexity index is 677. The van der Waals surface area contributed by atoms with Crippen LogP contribution < -0.4 is 9.47 Å². The van der Waals surface area contributed by atoms with E-state index in [0.717, 1.165) is 12.1 Å². The Hall–Kier alpha value is -2.04. The Morgan fingerprint density at radius 3 is 2.83 bits per heavy atom. The quantitative estimate of drug-likeness (QED) is 0.659. The monoisotopic (exact) mass is 346 g/mol. The van der Waals surface area contributed by atoms with Crippen molar-refractivity contribution < 1.29 is 9.47 Å². The van der Waals surface area contributed by atoms with Gasteiger partial charge in [0, 0.05) is 25.0 Å². The van der Waals surface area contributed by atoms with Crippen molar-refractivity contribution in [1.82, 2.24) is 9.88 Å². The van der Waals surface area contributed by atoms with E-state index in [4.69, 9.17) is 21.1 Å². The average molecular weight is 347 g/mol. The molecule has 0 aliphatic carbocycles. The van der Waals surface area contributed by atoms with Crippen LogP contribution in [-0.4, -0.2) is 30.6 Å². The van der Waals surface area contributed by atoms with E-state index in [2.05, 4.69) is 36.5 Å². The molecule has 0 bridgehead atoms. The molecule has 0 spiro atoms. The largest absolute Gasteiger partial charge is 0.493 e. The predicted octanol–water partition coefficient (Wildman–Crippen LogP) is 4.50. The molecular formula is C19H23ClN2O2. The first-order valence-corrected chi connectivity index (χ1v) is 8.14. The molecule has 0 aliphatic heterocycles. The summed E-state index contributed by atoms with van der Waals surface area (Å²) < 4.78 is 11.0. The third-order valence-electron chi connectivity index (χ3n) is 3.89. The Labute approximate surface area is 148 Å². The number of halogens is 1. The van der Waals surface area contributed by atoms with Crippen LogP contribution in [0.1, 0.15) is 24.1 Å². The maximum absolute atomic E-state index is 6.36. The van der Waals surface area contributed by atoms with Gasteiger partial charge in [-0.15, -0.1) is 0 Å². The molecule has 128 valence electrons. The smallest absolute Gasteiger partial charge is 0.180 e. The van der Waals surface area contributed by atoms with Gasteiger partial charge in [-0.05, 0) is 43.3 Å². The molecule has 0 amide bonds. The van der Waals surface area contributed by atoms with Gasteiger partial charge >= 0.3 is 0 Å². The van der Waals surface area contributed by atoms with Crippen molar-refractivity contribution in [3.05, 3.63) is 65.5 Å². The van der Waals surface area contributed by atoms with E-state index in [9.17, 15) is 0 Å². The topological polar surface area (TPSA) is 34.6 Å². The minimum atomic E-state index is 0.236. The van der Waals surface area contributed by atoms with Crippen molar-refractivity contribution in [2.24, 2.45) is 0 Å². The number of methoxy groups -OCH3 is 1. The molecule has 0 aliphatic rings. The molecule has 1 aromatic carbocycles. The summed E-state index contributed by atoms with van der Waals surface area (Å²) in [5.41, 5.74) is 2.23. The zero-order valence-electron chi connectivity index (χ0n) is 14.3. The number of benzene rings is 1.